The Morgan fingerprint density at radius 3 is 2.43 bits per heavy atom. The van der Waals surface area contributed by atoms with E-state index in [0.717, 1.165) is 5.75 Å². The molecule has 0 unspecified atom stereocenters. The van der Waals surface area contributed by atoms with Crippen LogP contribution in [0.4, 0.5) is 10.5 Å². The summed E-state index contributed by atoms with van der Waals surface area (Å²) < 4.78 is 5.68. The Bertz CT molecular complexity index is 629. The van der Waals surface area contributed by atoms with E-state index in [-0.39, 0.29) is 6.54 Å². The van der Waals surface area contributed by atoms with E-state index in [1.807, 2.05) is 41.7 Å². The second kappa shape index (κ2) is 6.95. The molecule has 108 valence electrons. The van der Waals surface area contributed by atoms with Gasteiger partial charge in [-0.25, -0.2) is 4.79 Å². The van der Waals surface area contributed by atoms with Gasteiger partial charge in [-0.2, -0.15) is 0 Å². The fourth-order valence-electron chi connectivity index (χ4n) is 1.66. The van der Waals surface area contributed by atoms with E-state index in [0.29, 0.717) is 11.4 Å². The normalized spacial score (nSPS) is 9.71. The van der Waals surface area contributed by atoms with Gasteiger partial charge in [0.1, 0.15) is 11.5 Å². The molecule has 6 heteroatoms. The van der Waals surface area contributed by atoms with Crippen LogP contribution >= 0.6 is 0 Å². The Morgan fingerprint density at radius 2 is 1.71 bits per heavy atom. The molecule has 4 N–H and O–H groups in total. The summed E-state index contributed by atoms with van der Waals surface area (Å²) in [7, 11) is 0. The van der Waals surface area contributed by atoms with Crippen molar-refractivity contribution in [1.82, 2.24) is 5.32 Å². The smallest absolute Gasteiger partial charge is 0.318 e. The molecule has 0 spiro atoms. The Hall–Kier alpha value is -3.02. The van der Waals surface area contributed by atoms with E-state index < -0.39 is 11.9 Å². The third kappa shape index (κ3) is 4.87. The average Bonchev–Trinajstić information content (AvgIpc) is 2.46. The molecule has 0 fully saturated rings. The van der Waals surface area contributed by atoms with Crippen LogP contribution in [-0.2, 0) is 4.79 Å². The summed E-state index contributed by atoms with van der Waals surface area (Å²) in [5.74, 6) is 0.861. The van der Waals surface area contributed by atoms with Gasteiger partial charge in [0, 0.05) is 11.8 Å². The summed E-state index contributed by atoms with van der Waals surface area (Å²) in [6.07, 6.45) is 0. The number of hydrogen-bond acceptors (Lipinski definition) is 4. The summed E-state index contributed by atoms with van der Waals surface area (Å²) in [6, 6.07) is 15.6. The number of ether oxygens (including phenoxy) is 1. The molecule has 0 saturated heterocycles. The van der Waals surface area contributed by atoms with Crippen molar-refractivity contribution >= 4 is 17.6 Å². The Labute approximate surface area is 121 Å². The number of carbonyl (C=O) groups is 2. The van der Waals surface area contributed by atoms with Crippen LogP contribution in [0.1, 0.15) is 0 Å². The van der Waals surface area contributed by atoms with Crippen LogP contribution in [0.5, 0.6) is 11.5 Å². The highest BCUT2D eigenvalue weighted by atomic mass is 16.5. The first-order chi connectivity index (χ1) is 10.1. The van der Waals surface area contributed by atoms with Gasteiger partial charge in [-0.15, -0.1) is 0 Å². The van der Waals surface area contributed by atoms with Gasteiger partial charge < -0.3 is 15.8 Å². The molecule has 6 nitrogen and oxygen atoms in total. The minimum atomic E-state index is -0.872. The number of imide groups is 1. The number of carbonyl (C=O) groups excluding carboxylic acids is 2. The van der Waals surface area contributed by atoms with Gasteiger partial charge in [0.2, 0.25) is 5.91 Å². The van der Waals surface area contributed by atoms with Gasteiger partial charge in [-0.1, -0.05) is 24.3 Å². The standard InChI is InChI=1S/C15H15N3O3/c16-15(20)18-14(19)10-17-11-5-4-8-13(9-11)21-12-6-2-1-3-7-12/h1-9,17H,10H2,(H3,16,18,19,20). The highest BCUT2D eigenvalue weighted by Gasteiger charge is 2.04. The third-order valence-electron chi connectivity index (χ3n) is 2.53. The molecule has 2 aromatic carbocycles. The predicted octanol–water partition coefficient (Wildman–Crippen LogP) is 2.09. The molecule has 2 aromatic rings. The van der Waals surface area contributed by atoms with Crippen molar-refractivity contribution in [3.8, 4) is 11.5 Å². The zero-order valence-electron chi connectivity index (χ0n) is 11.2. The van der Waals surface area contributed by atoms with Crippen molar-refractivity contribution < 1.29 is 14.3 Å². The number of rotatable bonds is 5. The van der Waals surface area contributed by atoms with Crippen molar-refractivity contribution in [2.45, 2.75) is 0 Å². The molecule has 0 aliphatic rings. The second-order valence-corrected chi connectivity index (χ2v) is 4.21. The quantitative estimate of drug-likeness (QED) is 0.784. The Kier molecular flexibility index (Phi) is 4.76. The number of nitrogens with two attached hydrogens (primary N) is 1. The molecule has 0 radical (unpaired) electrons. The molecule has 0 aromatic heterocycles. The van der Waals surface area contributed by atoms with E-state index in [4.69, 9.17) is 10.5 Å². The van der Waals surface area contributed by atoms with Crippen molar-refractivity contribution in [2.24, 2.45) is 5.73 Å². The van der Waals surface area contributed by atoms with Crippen molar-refractivity contribution in [2.75, 3.05) is 11.9 Å². The van der Waals surface area contributed by atoms with E-state index >= 15 is 0 Å². The van der Waals surface area contributed by atoms with Crippen LogP contribution in [0.25, 0.3) is 0 Å². The third-order valence-corrected chi connectivity index (χ3v) is 2.53. The lowest BCUT2D eigenvalue weighted by Crippen LogP contribution is -2.38. The van der Waals surface area contributed by atoms with E-state index in [1.165, 1.54) is 0 Å². The maximum atomic E-state index is 11.3. The lowest BCUT2D eigenvalue weighted by molar-refractivity contribution is -0.118. The number of primary amides is 1. The molecule has 0 aliphatic carbocycles. The molecule has 0 atom stereocenters. The number of hydrogen-bond donors (Lipinski definition) is 3. The molecule has 0 aliphatic heterocycles. The monoisotopic (exact) mass is 285 g/mol. The number of benzene rings is 2. The zero-order valence-corrected chi connectivity index (χ0v) is 11.2. The summed E-state index contributed by atoms with van der Waals surface area (Å²) in [4.78, 5) is 21.8. The molecular weight excluding hydrogens is 270 g/mol. The number of para-hydroxylation sites is 1. The number of urea groups is 1. The average molecular weight is 285 g/mol. The highest BCUT2D eigenvalue weighted by Crippen LogP contribution is 2.23. The fraction of sp³-hybridized carbons (Fsp3) is 0.0667. The largest absolute Gasteiger partial charge is 0.457 e. The maximum absolute atomic E-state index is 11.3. The fourth-order valence-corrected chi connectivity index (χ4v) is 1.66. The molecule has 0 saturated carbocycles. The highest BCUT2D eigenvalue weighted by molar-refractivity contribution is 5.95. The van der Waals surface area contributed by atoms with Crippen LogP contribution in [0.2, 0.25) is 0 Å². The van der Waals surface area contributed by atoms with Crippen LogP contribution in [0.15, 0.2) is 54.6 Å². The lowest BCUT2D eigenvalue weighted by atomic mass is 10.3. The predicted molar refractivity (Wildman–Crippen MR) is 79.2 cm³/mol. The van der Waals surface area contributed by atoms with Crippen molar-refractivity contribution in [3.05, 3.63) is 54.6 Å². The van der Waals surface area contributed by atoms with E-state index in [9.17, 15) is 9.59 Å². The zero-order chi connectivity index (χ0) is 15.1. The van der Waals surface area contributed by atoms with Crippen LogP contribution < -0.4 is 21.1 Å². The number of anilines is 1. The summed E-state index contributed by atoms with van der Waals surface area (Å²) in [5.41, 5.74) is 5.55. The first-order valence-corrected chi connectivity index (χ1v) is 6.29. The first kappa shape index (κ1) is 14.4. The van der Waals surface area contributed by atoms with Crippen molar-refractivity contribution in [1.29, 1.82) is 0 Å². The maximum Gasteiger partial charge on any atom is 0.318 e. The summed E-state index contributed by atoms with van der Waals surface area (Å²) in [5, 5.41) is 4.85. The topological polar surface area (TPSA) is 93.5 Å². The minimum absolute atomic E-state index is 0.0578. The van der Waals surface area contributed by atoms with E-state index in [1.54, 1.807) is 18.2 Å². The van der Waals surface area contributed by atoms with Crippen LogP contribution in [0.3, 0.4) is 0 Å². The Balaban J connectivity index is 1.95. The van der Waals surface area contributed by atoms with Crippen molar-refractivity contribution in [3.63, 3.8) is 0 Å². The molecule has 2 rings (SSSR count). The van der Waals surface area contributed by atoms with Crippen LogP contribution in [-0.4, -0.2) is 18.5 Å². The second-order valence-electron chi connectivity index (χ2n) is 4.21. The van der Waals surface area contributed by atoms with Gasteiger partial charge in [0.25, 0.3) is 0 Å². The van der Waals surface area contributed by atoms with Gasteiger partial charge >= 0.3 is 6.03 Å². The number of amides is 3. The molecule has 3 amide bonds. The number of nitrogens with one attached hydrogen (secondary N) is 2. The van der Waals surface area contributed by atoms with E-state index in [2.05, 4.69) is 5.32 Å². The molecular formula is C15H15N3O3. The minimum Gasteiger partial charge on any atom is -0.457 e. The SMILES string of the molecule is NC(=O)NC(=O)CNc1cccc(Oc2ccccc2)c1. The van der Waals surface area contributed by atoms with Gasteiger partial charge in [0.05, 0.1) is 6.54 Å². The van der Waals surface area contributed by atoms with Gasteiger partial charge in [-0.05, 0) is 24.3 Å². The molecule has 21 heavy (non-hydrogen) atoms. The van der Waals surface area contributed by atoms with Gasteiger partial charge in [-0.3, -0.25) is 10.1 Å². The van der Waals surface area contributed by atoms with Crippen LogP contribution in [0, 0.1) is 0 Å². The summed E-state index contributed by atoms with van der Waals surface area (Å²) in [6.45, 7) is -0.0578. The summed E-state index contributed by atoms with van der Waals surface area (Å²) >= 11 is 0. The molecule has 0 heterocycles. The van der Waals surface area contributed by atoms with Gasteiger partial charge in [0.15, 0.2) is 0 Å². The molecule has 0 bridgehead atoms. The Morgan fingerprint density at radius 1 is 1.00 bits per heavy atom. The lowest BCUT2D eigenvalue weighted by Gasteiger charge is -2.09. The first-order valence-electron chi connectivity index (χ1n) is 6.29.